The molecule has 1 N–H and O–H groups in total. The van der Waals surface area contributed by atoms with Gasteiger partial charge in [-0.15, -0.1) is 0 Å². The molecule has 3 heteroatoms. The highest BCUT2D eigenvalue weighted by Gasteiger charge is 2.43. The maximum absolute atomic E-state index is 13.1. The molecule has 23 heavy (non-hydrogen) atoms. The fraction of sp³-hybridized carbons (Fsp3) is 0.350. The predicted molar refractivity (Wildman–Crippen MR) is 93.4 cm³/mol. The Hall–Kier alpha value is -2.29. The molecule has 2 aromatic carbocycles. The summed E-state index contributed by atoms with van der Waals surface area (Å²) in [5, 5.41) is 3.59. The molecule has 1 heterocycles. The van der Waals surface area contributed by atoms with Crippen LogP contribution in [0.4, 0.5) is 5.69 Å². The van der Waals surface area contributed by atoms with Gasteiger partial charge >= 0.3 is 0 Å². The van der Waals surface area contributed by atoms with E-state index in [2.05, 4.69) is 19.2 Å². The van der Waals surface area contributed by atoms with Crippen molar-refractivity contribution in [2.45, 2.75) is 38.6 Å². The largest absolute Gasteiger partial charge is 0.494 e. The third-order valence-corrected chi connectivity index (χ3v) is 4.77. The first-order valence-electron chi connectivity index (χ1n) is 8.23. The van der Waals surface area contributed by atoms with E-state index in [0.29, 0.717) is 6.61 Å². The van der Waals surface area contributed by atoms with E-state index in [-0.39, 0.29) is 17.2 Å². The lowest BCUT2D eigenvalue weighted by molar-refractivity contribution is 0.0917. The van der Waals surface area contributed by atoms with E-state index in [0.717, 1.165) is 29.0 Å². The summed E-state index contributed by atoms with van der Waals surface area (Å²) in [5.41, 5.74) is 2.45. The number of fused-ring (bicyclic) bond motifs is 1. The van der Waals surface area contributed by atoms with Gasteiger partial charge in [0.25, 0.3) is 0 Å². The van der Waals surface area contributed by atoms with Crippen molar-refractivity contribution in [3.05, 3.63) is 59.7 Å². The van der Waals surface area contributed by atoms with Crippen molar-refractivity contribution in [1.82, 2.24) is 0 Å². The van der Waals surface area contributed by atoms with Crippen LogP contribution in [0.1, 0.15) is 49.0 Å². The molecule has 2 aromatic rings. The molecule has 0 fully saturated rings. The van der Waals surface area contributed by atoms with Gasteiger partial charge in [-0.05, 0) is 50.1 Å². The third kappa shape index (κ3) is 2.72. The van der Waals surface area contributed by atoms with E-state index >= 15 is 0 Å². The van der Waals surface area contributed by atoms with E-state index in [1.54, 1.807) is 0 Å². The van der Waals surface area contributed by atoms with Crippen LogP contribution in [0.5, 0.6) is 5.75 Å². The molecule has 0 bridgehead atoms. The summed E-state index contributed by atoms with van der Waals surface area (Å²) in [6.07, 6.45) is 0.866. The molecule has 0 spiro atoms. The number of para-hydroxylation sites is 1. The quantitative estimate of drug-likeness (QED) is 0.893. The Kier molecular flexibility index (Phi) is 4.12. The standard InChI is InChI=1S/C20H23NO2/c1-4-20(3)18(14-10-12-15(13-11-14)23-5-2)19(22)16-8-6-7-9-17(16)21-20/h6-13,18,21H,4-5H2,1-3H3/t18-,20-/m0/s1. The van der Waals surface area contributed by atoms with Crippen molar-refractivity contribution in [2.75, 3.05) is 11.9 Å². The Labute approximate surface area is 137 Å². The third-order valence-electron chi connectivity index (χ3n) is 4.77. The molecule has 3 nitrogen and oxygen atoms in total. The molecule has 1 aliphatic heterocycles. The van der Waals surface area contributed by atoms with Gasteiger partial charge in [0.2, 0.25) is 0 Å². The van der Waals surface area contributed by atoms with Gasteiger partial charge in [-0.1, -0.05) is 31.2 Å². The van der Waals surface area contributed by atoms with E-state index < -0.39 is 0 Å². The van der Waals surface area contributed by atoms with Gasteiger partial charge in [0.15, 0.2) is 5.78 Å². The van der Waals surface area contributed by atoms with Crippen LogP contribution in [0.15, 0.2) is 48.5 Å². The molecule has 0 unspecified atom stereocenters. The molecule has 3 rings (SSSR count). The van der Waals surface area contributed by atoms with E-state index in [1.165, 1.54) is 0 Å². The molecule has 0 aromatic heterocycles. The summed E-state index contributed by atoms with van der Waals surface area (Å²) in [6, 6.07) is 15.7. The fourth-order valence-electron chi connectivity index (χ4n) is 3.37. The van der Waals surface area contributed by atoms with Crippen molar-refractivity contribution in [3.63, 3.8) is 0 Å². The molecular formula is C20H23NO2. The van der Waals surface area contributed by atoms with Gasteiger partial charge in [-0.3, -0.25) is 4.79 Å². The maximum Gasteiger partial charge on any atom is 0.174 e. The van der Waals surface area contributed by atoms with Crippen LogP contribution < -0.4 is 10.1 Å². The number of benzene rings is 2. The minimum Gasteiger partial charge on any atom is -0.494 e. The number of nitrogens with one attached hydrogen (secondary N) is 1. The Morgan fingerprint density at radius 3 is 2.43 bits per heavy atom. The number of hydrogen-bond acceptors (Lipinski definition) is 3. The molecule has 0 saturated carbocycles. The van der Waals surface area contributed by atoms with Crippen molar-refractivity contribution in [2.24, 2.45) is 0 Å². The zero-order valence-electron chi connectivity index (χ0n) is 13.9. The molecule has 0 amide bonds. The summed E-state index contributed by atoms with van der Waals surface area (Å²) in [7, 11) is 0. The number of hydrogen-bond donors (Lipinski definition) is 1. The number of anilines is 1. The van der Waals surface area contributed by atoms with Crippen LogP contribution in [0.2, 0.25) is 0 Å². The highest BCUT2D eigenvalue weighted by Crippen LogP contribution is 2.42. The predicted octanol–water partition coefficient (Wildman–Crippen LogP) is 4.65. The normalized spacial score (nSPS) is 23.1. The number of rotatable bonds is 4. The lowest BCUT2D eigenvalue weighted by Gasteiger charge is -2.42. The number of ether oxygens (including phenoxy) is 1. The zero-order chi connectivity index (χ0) is 16.4. The van der Waals surface area contributed by atoms with E-state index in [4.69, 9.17) is 4.74 Å². The summed E-state index contributed by atoms with van der Waals surface area (Å²) in [6.45, 7) is 6.86. The molecule has 0 saturated heterocycles. The fourth-order valence-corrected chi connectivity index (χ4v) is 3.37. The van der Waals surface area contributed by atoms with Crippen LogP contribution in [-0.2, 0) is 0 Å². The lowest BCUT2D eigenvalue weighted by atomic mass is 9.71. The summed E-state index contributed by atoms with van der Waals surface area (Å²) in [5.74, 6) is 0.831. The molecular weight excluding hydrogens is 286 g/mol. The number of carbonyl (C=O) groups excluding carboxylic acids is 1. The average Bonchev–Trinajstić information content (AvgIpc) is 2.57. The molecule has 1 aliphatic rings. The number of Topliss-reactive ketones (excluding diaryl/α,β-unsaturated/α-hetero) is 1. The summed E-state index contributed by atoms with van der Waals surface area (Å²) < 4.78 is 5.51. The van der Waals surface area contributed by atoms with Crippen LogP contribution in [0.3, 0.4) is 0 Å². The topological polar surface area (TPSA) is 38.3 Å². The van der Waals surface area contributed by atoms with Gasteiger partial charge in [0.05, 0.1) is 12.5 Å². The van der Waals surface area contributed by atoms with Gasteiger partial charge in [-0.25, -0.2) is 0 Å². The Bertz CT molecular complexity index is 708. The molecule has 120 valence electrons. The Morgan fingerprint density at radius 2 is 1.78 bits per heavy atom. The molecule has 2 atom stereocenters. The first-order chi connectivity index (χ1) is 11.1. The van der Waals surface area contributed by atoms with Gasteiger partial charge in [-0.2, -0.15) is 0 Å². The minimum atomic E-state index is -0.293. The second-order valence-electron chi connectivity index (χ2n) is 6.24. The second-order valence-corrected chi connectivity index (χ2v) is 6.24. The van der Waals surface area contributed by atoms with Crippen molar-refractivity contribution >= 4 is 11.5 Å². The van der Waals surface area contributed by atoms with Crippen LogP contribution >= 0.6 is 0 Å². The average molecular weight is 309 g/mol. The Morgan fingerprint density at radius 1 is 1.09 bits per heavy atom. The minimum absolute atomic E-state index is 0.188. The zero-order valence-corrected chi connectivity index (χ0v) is 13.9. The first kappa shape index (κ1) is 15.6. The SMILES string of the molecule is CCOc1ccc([C@H]2C(=O)c3ccccc3N[C@@]2(C)CC)cc1. The van der Waals surface area contributed by atoms with Gasteiger partial charge < -0.3 is 10.1 Å². The second kappa shape index (κ2) is 6.07. The van der Waals surface area contributed by atoms with E-state index in [1.807, 2.05) is 55.5 Å². The van der Waals surface area contributed by atoms with Gasteiger partial charge in [0.1, 0.15) is 5.75 Å². The van der Waals surface area contributed by atoms with Crippen LogP contribution in [0, 0.1) is 0 Å². The van der Waals surface area contributed by atoms with Crippen LogP contribution in [-0.4, -0.2) is 17.9 Å². The highest BCUT2D eigenvalue weighted by molar-refractivity contribution is 6.08. The van der Waals surface area contributed by atoms with Crippen molar-refractivity contribution in [3.8, 4) is 5.75 Å². The monoisotopic (exact) mass is 309 g/mol. The first-order valence-corrected chi connectivity index (χ1v) is 8.23. The highest BCUT2D eigenvalue weighted by atomic mass is 16.5. The summed E-state index contributed by atoms with van der Waals surface area (Å²) >= 11 is 0. The number of carbonyl (C=O) groups is 1. The van der Waals surface area contributed by atoms with E-state index in [9.17, 15) is 4.79 Å². The molecule has 0 aliphatic carbocycles. The Balaban J connectivity index is 2.03. The van der Waals surface area contributed by atoms with Crippen LogP contribution in [0.25, 0.3) is 0 Å². The summed E-state index contributed by atoms with van der Waals surface area (Å²) in [4.78, 5) is 13.1. The smallest absolute Gasteiger partial charge is 0.174 e. The van der Waals surface area contributed by atoms with Crippen molar-refractivity contribution < 1.29 is 9.53 Å². The van der Waals surface area contributed by atoms with Crippen molar-refractivity contribution in [1.29, 1.82) is 0 Å². The molecule has 0 radical (unpaired) electrons. The van der Waals surface area contributed by atoms with Gasteiger partial charge in [0, 0.05) is 16.8 Å². The lowest BCUT2D eigenvalue weighted by Crippen LogP contribution is -2.48. The maximum atomic E-state index is 13.1. The number of ketones is 1.